The van der Waals surface area contributed by atoms with E-state index in [4.69, 9.17) is 15.5 Å². The van der Waals surface area contributed by atoms with Crippen molar-refractivity contribution < 1.29 is 4.74 Å². The molecule has 0 bridgehead atoms. The molecule has 1 aliphatic rings. The molecule has 4 rings (SSSR count). The fourth-order valence-electron chi connectivity index (χ4n) is 2.62. The summed E-state index contributed by atoms with van der Waals surface area (Å²) in [5.41, 5.74) is 8.91. The number of fused-ring (bicyclic) bond motifs is 2. The van der Waals surface area contributed by atoms with E-state index >= 15 is 0 Å². The number of aromatic nitrogens is 1. The molecule has 3 aromatic rings. The molecule has 0 fully saturated rings. The zero-order chi connectivity index (χ0) is 13.5. The van der Waals surface area contributed by atoms with Crippen LogP contribution in [0.2, 0.25) is 0 Å². The number of nitrogens with zero attached hydrogens (tertiary/aromatic N) is 1. The molecule has 0 saturated carbocycles. The second kappa shape index (κ2) is 4.49. The third kappa shape index (κ3) is 1.93. The van der Waals surface area contributed by atoms with Crippen LogP contribution in [0.15, 0.2) is 42.5 Å². The Hall–Kier alpha value is -2.07. The first kappa shape index (κ1) is 11.7. The molecule has 2 heterocycles. The summed E-state index contributed by atoms with van der Waals surface area (Å²) in [6.07, 6.45) is 0.992. The monoisotopic (exact) mass is 282 g/mol. The highest BCUT2D eigenvalue weighted by atomic mass is 32.1. The lowest BCUT2D eigenvalue weighted by Crippen LogP contribution is -2.18. The van der Waals surface area contributed by atoms with Gasteiger partial charge in [0.2, 0.25) is 0 Å². The van der Waals surface area contributed by atoms with E-state index in [0.717, 1.165) is 33.1 Å². The molecule has 4 heteroatoms. The van der Waals surface area contributed by atoms with Gasteiger partial charge in [-0.2, -0.15) is 0 Å². The fourth-order valence-corrected chi connectivity index (χ4v) is 3.72. The van der Waals surface area contributed by atoms with Crippen LogP contribution in [-0.2, 0) is 6.42 Å². The van der Waals surface area contributed by atoms with Crippen LogP contribution in [0.25, 0.3) is 10.2 Å². The number of hydrogen-bond acceptors (Lipinski definition) is 4. The van der Waals surface area contributed by atoms with E-state index in [9.17, 15) is 0 Å². The fraction of sp³-hybridized carbons (Fsp3) is 0.188. The highest BCUT2D eigenvalue weighted by Crippen LogP contribution is 2.35. The van der Waals surface area contributed by atoms with Crippen molar-refractivity contribution in [2.24, 2.45) is 0 Å². The van der Waals surface area contributed by atoms with Gasteiger partial charge in [-0.3, -0.25) is 0 Å². The van der Waals surface area contributed by atoms with Crippen LogP contribution in [-0.4, -0.2) is 11.6 Å². The standard InChI is InChI=1S/C16H14N2OS/c17-12-5-6-13-15(8-12)20-16(18-13)11-7-10-3-1-2-4-14(10)19-9-11/h1-6,8,11H,7,9,17H2. The SMILES string of the molecule is Nc1ccc2nc(C3COc4ccccc4C3)sc2c1. The molecular weight excluding hydrogens is 268 g/mol. The van der Waals surface area contributed by atoms with Crippen LogP contribution >= 0.6 is 11.3 Å². The van der Waals surface area contributed by atoms with Crippen molar-refractivity contribution in [2.45, 2.75) is 12.3 Å². The molecule has 3 nitrogen and oxygen atoms in total. The van der Waals surface area contributed by atoms with Gasteiger partial charge in [-0.15, -0.1) is 11.3 Å². The Morgan fingerprint density at radius 2 is 2.10 bits per heavy atom. The highest BCUT2D eigenvalue weighted by molar-refractivity contribution is 7.18. The second-order valence-electron chi connectivity index (χ2n) is 5.10. The minimum absolute atomic E-state index is 0.337. The van der Waals surface area contributed by atoms with Gasteiger partial charge in [-0.05, 0) is 36.2 Å². The van der Waals surface area contributed by atoms with E-state index in [1.165, 1.54) is 5.56 Å². The molecule has 1 aliphatic heterocycles. The van der Waals surface area contributed by atoms with Gasteiger partial charge in [0, 0.05) is 11.6 Å². The predicted octanol–water partition coefficient (Wildman–Crippen LogP) is 3.60. The Balaban J connectivity index is 1.70. The van der Waals surface area contributed by atoms with E-state index in [2.05, 4.69) is 12.1 Å². The third-order valence-corrected chi connectivity index (χ3v) is 4.84. The Morgan fingerprint density at radius 3 is 3.05 bits per heavy atom. The van der Waals surface area contributed by atoms with Gasteiger partial charge in [-0.25, -0.2) is 4.98 Å². The van der Waals surface area contributed by atoms with Crippen LogP contribution < -0.4 is 10.5 Å². The molecule has 1 atom stereocenters. The maximum atomic E-state index is 5.85. The van der Waals surface area contributed by atoms with Gasteiger partial charge in [0.1, 0.15) is 10.8 Å². The molecule has 2 aromatic carbocycles. The van der Waals surface area contributed by atoms with Gasteiger partial charge in [-0.1, -0.05) is 18.2 Å². The molecule has 0 aliphatic carbocycles. The first-order valence-electron chi connectivity index (χ1n) is 6.66. The van der Waals surface area contributed by atoms with Gasteiger partial charge >= 0.3 is 0 Å². The maximum Gasteiger partial charge on any atom is 0.122 e. The lowest BCUT2D eigenvalue weighted by molar-refractivity contribution is 0.262. The van der Waals surface area contributed by atoms with Crippen molar-refractivity contribution >= 4 is 27.2 Å². The number of nitrogen functional groups attached to an aromatic ring is 1. The average molecular weight is 282 g/mol. The molecule has 0 radical (unpaired) electrons. The molecule has 20 heavy (non-hydrogen) atoms. The molecule has 0 saturated heterocycles. The molecule has 2 N–H and O–H groups in total. The van der Waals surface area contributed by atoms with Gasteiger partial charge in [0.15, 0.2) is 0 Å². The topological polar surface area (TPSA) is 48.1 Å². The summed E-state index contributed by atoms with van der Waals surface area (Å²) >= 11 is 1.72. The summed E-state index contributed by atoms with van der Waals surface area (Å²) < 4.78 is 7.00. The molecule has 1 unspecified atom stereocenters. The number of nitrogens with two attached hydrogens (primary N) is 1. The molecule has 100 valence electrons. The lowest BCUT2D eigenvalue weighted by Gasteiger charge is -2.23. The number of benzene rings is 2. The van der Waals surface area contributed by atoms with Crippen LogP contribution in [0.4, 0.5) is 5.69 Å². The third-order valence-electron chi connectivity index (χ3n) is 3.66. The van der Waals surface area contributed by atoms with Crippen LogP contribution in [0.3, 0.4) is 0 Å². The summed E-state index contributed by atoms with van der Waals surface area (Å²) in [4.78, 5) is 4.73. The zero-order valence-corrected chi connectivity index (χ0v) is 11.7. The number of hydrogen-bond donors (Lipinski definition) is 1. The second-order valence-corrected chi connectivity index (χ2v) is 6.16. The van der Waals surface area contributed by atoms with E-state index in [1.807, 2.05) is 30.3 Å². The maximum absolute atomic E-state index is 5.85. The summed E-state index contributed by atoms with van der Waals surface area (Å²) in [5.74, 6) is 1.35. The summed E-state index contributed by atoms with van der Waals surface area (Å²) in [7, 11) is 0. The van der Waals surface area contributed by atoms with Crippen molar-refractivity contribution in [3.63, 3.8) is 0 Å². The minimum Gasteiger partial charge on any atom is -0.493 e. The van der Waals surface area contributed by atoms with Crippen LogP contribution in [0, 0.1) is 0 Å². The zero-order valence-electron chi connectivity index (χ0n) is 10.9. The Morgan fingerprint density at radius 1 is 1.20 bits per heavy atom. The summed E-state index contributed by atoms with van der Waals surface area (Å²) in [6.45, 7) is 0.701. The normalized spacial score (nSPS) is 17.7. The van der Waals surface area contributed by atoms with E-state index in [0.29, 0.717) is 12.5 Å². The van der Waals surface area contributed by atoms with E-state index in [1.54, 1.807) is 11.3 Å². The molecular formula is C16H14N2OS. The van der Waals surface area contributed by atoms with Crippen molar-refractivity contribution in [2.75, 3.05) is 12.3 Å². The van der Waals surface area contributed by atoms with Crippen LogP contribution in [0.5, 0.6) is 5.75 Å². The number of para-hydroxylation sites is 1. The number of rotatable bonds is 1. The predicted molar refractivity (Wildman–Crippen MR) is 82.4 cm³/mol. The van der Waals surface area contributed by atoms with Crippen molar-refractivity contribution in [1.82, 2.24) is 4.98 Å². The summed E-state index contributed by atoms with van der Waals surface area (Å²) in [5, 5.41) is 1.14. The van der Waals surface area contributed by atoms with E-state index < -0.39 is 0 Å². The number of thiazole rings is 1. The lowest BCUT2D eigenvalue weighted by atomic mass is 9.97. The van der Waals surface area contributed by atoms with Crippen molar-refractivity contribution in [3.05, 3.63) is 53.0 Å². The molecule has 0 spiro atoms. The van der Waals surface area contributed by atoms with Gasteiger partial charge in [0.05, 0.1) is 16.8 Å². The Kier molecular flexibility index (Phi) is 2.63. The smallest absolute Gasteiger partial charge is 0.122 e. The number of anilines is 1. The van der Waals surface area contributed by atoms with Crippen molar-refractivity contribution in [3.8, 4) is 5.75 Å². The first-order valence-corrected chi connectivity index (χ1v) is 7.48. The Labute approximate surface area is 121 Å². The van der Waals surface area contributed by atoms with E-state index in [-0.39, 0.29) is 0 Å². The van der Waals surface area contributed by atoms with Gasteiger partial charge in [0.25, 0.3) is 0 Å². The largest absolute Gasteiger partial charge is 0.493 e. The summed E-state index contributed by atoms with van der Waals surface area (Å²) in [6, 6.07) is 14.1. The van der Waals surface area contributed by atoms with Crippen LogP contribution in [0.1, 0.15) is 16.5 Å². The molecule has 1 aromatic heterocycles. The minimum atomic E-state index is 0.337. The first-order chi connectivity index (χ1) is 9.79. The number of ether oxygens (including phenoxy) is 1. The average Bonchev–Trinajstić information content (AvgIpc) is 2.89. The quantitative estimate of drug-likeness (QED) is 0.694. The Bertz CT molecular complexity index is 781. The highest BCUT2D eigenvalue weighted by Gasteiger charge is 2.23. The van der Waals surface area contributed by atoms with Gasteiger partial charge < -0.3 is 10.5 Å². The van der Waals surface area contributed by atoms with Crippen molar-refractivity contribution in [1.29, 1.82) is 0 Å². The molecule has 0 amide bonds.